The summed E-state index contributed by atoms with van der Waals surface area (Å²) in [5.41, 5.74) is 3.84. The van der Waals surface area contributed by atoms with E-state index in [1.807, 2.05) is 54.6 Å². The molecule has 0 unspecified atom stereocenters. The maximum Gasteiger partial charge on any atom is 0.387 e. The first-order valence-corrected chi connectivity index (χ1v) is 10.9. The van der Waals surface area contributed by atoms with Crippen LogP contribution in [-0.4, -0.2) is 19.6 Å². The smallest absolute Gasteiger partial charge is 0.387 e. The molecule has 0 aliphatic heterocycles. The molecular weight excluding hydrogens is 448 g/mol. The average molecular weight is 472 g/mol. The molecule has 4 aromatic carbocycles. The Morgan fingerprint density at radius 1 is 0.829 bits per heavy atom. The van der Waals surface area contributed by atoms with E-state index in [1.165, 1.54) is 6.07 Å². The Balaban J connectivity index is 1.73. The number of methoxy groups -OCH3 is 1. The number of rotatable bonds is 8. The van der Waals surface area contributed by atoms with Crippen LogP contribution in [0.2, 0.25) is 0 Å². The lowest BCUT2D eigenvalue weighted by atomic mass is 9.98. The third kappa shape index (κ3) is 6.12. The zero-order valence-electron chi connectivity index (χ0n) is 19.0. The van der Waals surface area contributed by atoms with Gasteiger partial charge in [0, 0.05) is 22.9 Å². The van der Waals surface area contributed by atoms with E-state index < -0.39 is 12.5 Å². The summed E-state index contributed by atoms with van der Waals surface area (Å²) in [7, 11) is 1.54. The van der Waals surface area contributed by atoms with E-state index >= 15 is 0 Å². The minimum Gasteiger partial charge on any atom is -0.497 e. The van der Waals surface area contributed by atoms with Crippen molar-refractivity contribution in [2.24, 2.45) is 0 Å². The highest BCUT2D eigenvalue weighted by Gasteiger charge is 2.16. The number of benzene rings is 4. The highest BCUT2D eigenvalue weighted by Crippen LogP contribution is 2.29. The van der Waals surface area contributed by atoms with Gasteiger partial charge < -0.3 is 14.8 Å². The molecule has 1 N–H and O–H groups in total. The minimum atomic E-state index is -2.98. The molecule has 4 rings (SSSR count). The van der Waals surface area contributed by atoms with Crippen molar-refractivity contribution in [3.8, 4) is 22.6 Å². The maximum absolute atomic E-state index is 13.4. The van der Waals surface area contributed by atoms with Crippen molar-refractivity contribution in [2.75, 3.05) is 12.4 Å². The van der Waals surface area contributed by atoms with Crippen molar-refractivity contribution in [1.29, 1.82) is 0 Å². The number of alkyl halides is 2. The van der Waals surface area contributed by atoms with E-state index in [1.54, 1.807) is 55.7 Å². The fraction of sp³-hybridized carbons (Fsp3) is 0.0690. The van der Waals surface area contributed by atoms with Gasteiger partial charge in [-0.2, -0.15) is 8.78 Å². The van der Waals surface area contributed by atoms with E-state index in [-0.39, 0.29) is 11.3 Å². The SMILES string of the molecule is COc1cccc(NC(=O)/C(=C/c2ccccc2OC(F)F)c2ccc(-c3ccccc3)cc2)c1. The van der Waals surface area contributed by atoms with Crippen molar-refractivity contribution in [1.82, 2.24) is 0 Å². The maximum atomic E-state index is 13.4. The number of ether oxygens (including phenoxy) is 2. The fourth-order valence-corrected chi connectivity index (χ4v) is 3.61. The standard InChI is InChI=1S/C29H23F2NO3/c1-34-25-12-7-11-24(19-25)32-28(33)26(18-23-10-5-6-13-27(23)35-29(30)31)22-16-14-21(15-17-22)20-8-3-2-4-9-20/h2-19,29H,1H3,(H,32,33)/b26-18+. The Bertz CT molecular complexity index is 1320. The first kappa shape index (κ1) is 23.7. The van der Waals surface area contributed by atoms with Gasteiger partial charge in [0.2, 0.25) is 0 Å². The highest BCUT2D eigenvalue weighted by molar-refractivity contribution is 6.29. The lowest BCUT2D eigenvalue weighted by Crippen LogP contribution is -2.14. The second-order valence-electron chi connectivity index (χ2n) is 7.60. The molecular formula is C29H23F2NO3. The molecule has 4 nitrogen and oxygen atoms in total. The molecule has 35 heavy (non-hydrogen) atoms. The summed E-state index contributed by atoms with van der Waals surface area (Å²) in [5.74, 6) is 0.170. The average Bonchev–Trinajstić information content (AvgIpc) is 2.88. The van der Waals surface area contributed by atoms with Gasteiger partial charge in [-0.05, 0) is 41.0 Å². The molecule has 6 heteroatoms. The molecule has 0 fully saturated rings. The zero-order chi connectivity index (χ0) is 24.6. The third-order valence-corrected chi connectivity index (χ3v) is 5.31. The normalized spacial score (nSPS) is 11.3. The monoisotopic (exact) mass is 471 g/mol. The molecule has 0 aliphatic carbocycles. The predicted octanol–water partition coefficient (Wildman–Crippen LogP) is 7.14. The first-order valence-electron chi connectivity index (χ1n) is 10.9. The summed E-state index contributed by atoms with van der Waals surface area (Å²) in [5, 5.41) is 2.87. The molecule has 0 bridgehead atoms. The van der Waals surface area contributed by atoms with Crippen LogP contribution in [0.3, 0.4) is 0 Å². The van der Waals surface area contributed by atoms with Crippen molar-refractivity contribution < 1.29 is 23.0 Å². The molecule has 0 saturated carbocycles. The van der Waals surface area contributed by atoms with Gasteiger partial charge in [0.15, 0.2) is 0 Å². The van der Waals surface area contributed by atoms with Crippen LogP contribution in [0.5, 0.6) is 11.5 Å². The number of carbonyl (C=O) groups is 1. The van der Waals surface area contributed by atoms with Gasteiger partial charge in [0.05, 0.1) is 7.11 Å². The predicted molar refractivity (Wildman–Crippen MR) is 134 cm³/mol. The number of halogens is 2. The number of carbonyl (C=O) groups excluding carboxylic acids is 1. The lowest BCUT2D eigenvalue weighted by molar-refractivity contribution is -0.111. The number of amides is 1. The summed E-state index contributed by atoms with van der Waals surface area (Å²) in [4.78, 5) is 13.4. The molecule has 4 aromatic rings. The summed E-state index contributed by atoms with van der Waals surface area (Å²) in [6.45, 7) is -2.98. The van der Waals surface area contributed by atoms with Gasteiger partial charge >= 0.3 is 6.61 Å². The van der Waals surface area contributed by atoms with Gasteiger partial charge in [-0.3, -0.25) is 4.79 Å². The van der Waals surface area contributed by atoms with Crippen LogP contribution < -0.4 is 14.8 Å². The van der Waals surface area contributed by atoms with E-state index in [0.29, 0.717) is 22.6 Å². The van der Waals surface area contributed by atoms with Crippen LogP contribution in [0.15, 0.2) is 103 Å². The fourth-order valence-electron chi connectivity index (χ4n) is 3.61. The Morgan fingerprint density at radius 2 is 1.51 bits per heavy atom. The van der Waals surface area contributed by atoms with Crippen LogP contribution in [-0.2, 0) is 4.79 Å². The van der Waals surface area contributed by atoms with Crippen LogP contribution in [0.4, 0.5) is 14.5 Å². The van der Waals surface area contributed by atoms with Crippen molar-refractivity contribution in [2.45, 2.75) is 6.61 Å². The Labute approximate surface area is 202 Å². The molecule has 0 aliphatic rings. The Kier molecular flexibility index (Phi) is 7.53. The highest BCUT2D eigenvalue weighted by atomic mass is 19.3. The van der Waals surface area contributed by atoms with Gasteiger partial charge in [-0.15, -0.1) is 0 Å². The van der Waals surface area contributed by atoms with Crippen molar-refractivity contribution in [3.63, 3.8) is 0 Å². The summed E-state index contributed by atoms with van der Waals surface area (Å²) in [6.07, 6.45) is 1.55. The van der Waals surface area contributed by atoms with Gasteiger partial charge in [0.1, 0.15) is 11.5 Å². The molecule has 0 atom stereocenters. The van der Waals surface area contributed by atoms with Gasteiger partial charge in [-0.1, -0.05) is 78.9 Å². The number of para-hydroxylation sites is 1. The minimum absolute atomic E-state index is 0.0184. The third-order valence-electron chi connectivity index (χ3n) is 5.31. The quantitative estimate of drug-likeness (QED) is 0.219. The van der Waals surface area contributed by atoms with E-state index in [9.17, 15) is 13.6 Å². The van der Waals surface area contributed by atoms with Crippen LogP contribution >= 0.6 is 0 Å². The van der Waals surface area contributed by atoms with Crippen molar-refractivity contribution >= 4 is 23.2 Å². The molecule has 0 aromatic heterocycles. The number of anilines is 1. The molecule has 0 saturated heterocycles. The largest absolute Gasteiger partial charge is 0.497 e. The number of hydrogen-bond donors (Lipinski definition) is 1. The lowest BCUT2D eigenvalue weighted by Gasteiger charge is -2.13. The molecule has 0 spiro atoms. The van der Waals surface area contributed by atoms with Crippen LogP contribution in [0.25, 0.3) is 22.8 Å². The summed E-state index contributed by atoms with van der Waals surface area (Å²) < 4.78 is 35.8. The topological polar surface area (TPSA) is 47.6 Å². The molecule has 0 heterocycles. The number of hydrogen-bond acceptors (Lipinski definition) is 3. The first-order chi connectivity index (χ1) is 17.0. The van der Waals surface area contributed by atoms with Gasteiger partial charge in [0.25, 0.3) is 5.91 Å². The van der Waals surface area contributed by atoms with Crippen molar-refractivity contribution in [3.05, 3.63) is 114 Å². The van der Waals surface area contributed by atoms with Crippen LogP contribution in [0.1, 0.15) is 11.1 Å². The van der Waals surface area contributed by atoms with Gasteiger partial charge in [-0.25, -0.2) is 0 Å². The van der Waals surface area contributed by atoms with E-state index in [0.717, 1.165) is 11.1 Å². The Morgan fingerprint density at radius 3 is 2.23 bits per heavy atom. The van der Waals surface area contributed by atoms with E-state index in [4.69, 9.17) is 4.74 Å². The molecule has 0 radical (unpaired) electrons. The number of nitrogens with one attached hydrogen (secondary N) is 1. The van der Waals surface area contributed by atoms with E-state index in [2.05, 4.69) is 10.1 Å². The second-order valence-corrected chi connectivity index (χ2v) is 7.60. The Hall–Kier alpha value is -4.45. The molecule has 1 amide bonds. The van der Waals surface area contributed by atoms with Crippen LogP contribution in [0, 0.1) is 0 Å². The summed E-state index contributed by atoms with van der Waals surface area (Å²) >= 11 is 0. The second kappa shape index (κ2) is 11.1. The molecule has 176 valence electrons. The summed E-state index contributed by atoms with van der Waals surface area (Å²) in [6, 6.07) is 30.7. The zero-order valence-corrected chi connectivity index (χ0v) is 19.0.